The Kier molecular flexibility index (Phi) is 2.39. The van der Waals surface area contributed by atoms with Gasteiger partial charge in [-0.05, 0) is 18.2 Å². The number of aliphatic hydroxyl groups excluding tert-OH is 1. The van der Waals surface area contributed by atoms with Gasteiger partial charge in [-0.15, -0.1) is 0 Å². The maximum atomic E-state index is 12.9. The summed E-state index contributed by atoms with van der Waals surface area (Å²) in [4.78, 5) is 0. The summed E-state index contributed by atoms with van der Waals surface area (Å²) in [5.41, 5.74) is 6.50. The van der Waals surface area contributed by atoms with E-state index in [1.54, 1.807) is 6.07 Å². The summed E-state index contributed by atoms with van der Waals surface area (Å²) in [6.45, 7) is -0.0650. The molecular formula is C10H12FNO2. The minimum absolute atomic E-state index is 0.0650. The smallest absolute Gasteiger partial charge is 0.124 e. The van der Waals surface area contributed by atoms with Crippen molar-refractivity contribution < 1.29 is 14.2 Å². The van der Waals surface area contributed by atoms with E-state index in [1.807, 2.05) is 0 Å². The van der Waals surface area contributed by atoms with Crippen LogP contribution < -0.4 is 10.5 Å². The first-order valence-electron chi connectivity index (χ1n) is 4.53. The molecule has 2 unspecified atom stereocenters. The molecule has 0 fully saturated rings. The molecule has 1 aliphatic heterocycles. The second kappa shape index (κ2) is 3.55. The number of aliphatic hydroxyl groups is 1. The second-order valence-corrected chi connectivity index (χ2v) is 3.45. The maximum Gasteiger partial charge on any atom is 0.124 e. The van der Waals surface area contributed by atoms with Gasteiger partial charge in [0.2, 0.25) is 0 Å². The fourth-order valence-corrected chi connectivity index (χ4v) is 1.67. The van der Waals surface area contributed by atoms with Crippen molar-refractivity contribution in [1.29, 1.82) is 0 Å². The highest BCUT2D eigenvalue weighted by molar-refractivity contribution is 5.38. The van der Waals surface area contributed by atoms with Crippen molar-refractivity contribution in [2.45, 2.75) is 18.6 Å². The number of fused-ring (bicyclic) bond motifs is 1. The number of hydrogen-bond donors (Lipinski definition) is 2. The van der Waals surface area contributed by atoms with Crippen LogP contribution in [0, 0.1) is 5.82 Å². The zero-order valence-corrected chi connectivity index (χ0v) is 7.61. The molecule has 1 aliphatic rings. The molecule has 1 aromatic rings. The van der Waals surface area contributed by atoms with Crippen molar-refractivity contribution in [2.24, 2.45) is 5.73 Å². The zero-order chi connectivity index (χ0) is 10.1. The molecule has 0 aromatic heterocycles. The number of halogens is 1. The highest BCUT2D eigenvalue weighted by Crippen LogP contribution is 2.33. The van der Waals surface area contributed by atoms with E-state index in [1.165, 1.54) is 12.1 Å². The third-order valence-corrected chi connectivity index (χ3v) is 2.39. The first-order valence-corrected chi connectivity index (χ1v) is 4.53. The first kappa shape index (κ1) is 9.43. The van der Waals surface area contributed by atoms with E-state index in [0.717, 1.165) is 0 Å². The summed E-state index contributed by atoms with van der Waals surface area (Å²) >= 11 is 0. The van der Waals surface area contributed by atoms with Gasteiger partial charge in [0.1, 0.15) is 17.7 Å². The van der Waals surface area contributed by atoms with Crippen molar-refractivity contribution in [3.63, 3.8) is 0 Å². The average molecular weight is 197 g/mol. The van der Waals surface area contributed by atoms with Crippen LogP contribution in [-0.2, 0) is 0 Å². The van der Waals surface area contributed by atoms with Crippen LogP contribution in [0.1, 0.15) is 18.0 Å². The molecule has 4 heteroatoms. The van der Waals surface area contributed by atoms with E-state index in [4.69, 9.17) is 15.6 Å². The Labute approximate surface area is 81.3 Å². The molecule has 3 N–H and O–H groups in total. The van der Waals surface area contributed by atoms with Gasteiger partial charge in [0, 0.05) is 18.0 Å². The summed E-state index contributed by atoms with van der Waals surface area (Å²) < 4.78 is 18.3. The van der Waals surface area contributed by atoms with Crippen LogP contribution in [0.5, 0.6) is 5.75 Å². The molecule has 1 heterocycles. The zero-order valence-electron chi connectivity index (χ0n) is 7.61. The van der Waals surface area contributed by atoms with Crippen LogP contribution in [0.25, 0.3) is 0 Å². The monoisotopic (exact) mass is 197 g/mol. The first-order chi connectivity index (χ1) is 6.70. The lowest BCUT2D eigenvalue weighted by Gasteiger charge is -2.29. The lowest BCUT2D eigenvalue weighted by Crippen LogP contribution is -2.32. The number of hydrogen-bond acceptors (Lipinski definition) is 3. The fraction of sp³-hybridized carbons (Fsp3) is 0.400. The Balaban J connectivity index is 2.35. The molecule has 14 heavy (non-hydrogen) atoms. The van der Waals surface area contributed by atoms with Gasteiger partial charge in [0.15, 0.2) is 0 Å². The quantitative estimate of drug-likeness (QED) is 0.705. The van der Waals surface area contributed by atoms with Gasteiger partial charge in [-0.3, -0.25) is 0 Å². The molecule has 1 aromatic carbocycles. The number of rotatable bonds is 1. The van der Waals surface area contributed by atoms with Crippen molar-refractivity contribution in [1.82, 2.24) is 0 Å². The summed E-state index contributed by atoms with van der Waals surface area (Å²) in [7, 11) is 0. The van der Waals surface area contributed by atoms with Crippen molar-refractivity contribution in [3.05, 3.63) is 29.6 Å². The molecule has 0 saturated carbocycles. The van der Waals surface area contributed by atoms with Gasteiger partial charge in [-0.1, -0.05) is 0 Å². The van der Waals surface area contributed by atoms with E-state index in [2.05, 4.69) is 0 Å². The van der Waals surface area contributed by atoms with Crippen molar-refractivity contribution in [3.8, 4) is 5.75 Å². The molecule has 0 spiro atoms. The van der Waals surface area contributed by atoms with Gasteiger partial charge in [-0.25, -0.2) is 4.39 Å². The summed E-state index contributed by atoms with van der Waals surface area (Å²) in [6, 6.07) is 4.00. The van der Waals surface area contributed by atoms with Crippen LogP contribution >= 0.6 is 0 Å². The SMILES string of the molecule is NC1CC(CO)Oc2ccc(F)cc21. The van der Waals surface area contributed by atoms with Gasteiger partial charge in [0.05, 0.1) is 6.61 Å². The molecule has 0 aliphatic carbocycles. The Bertz CT molecular complexity index is 343. The van der Waals surface area contributed by atoms with Crippen LogP contribution in [-0.4, -0.2) is 17.8 Å². The standard InChI is InChI=1S/C10H12FNO2/c11-6-1-2-10-8(3-6)9(12)4-7(5-13)14-10/h1-3,7,9,13H,4-5,12H2. The van der Waals surface area contributed by atoms with E-state index >= 15 is 0 Å². The Morgan fingerprint density at radius 3 is 3.07 bits per heavy atom. The lowest BCUT2D eigenvalue weighted by molar-refractivity contribution is 0.0886. The number of ether oxygens (including phenoxy) is 1. The van der Waals surface area contributed by atoms with Crippen LogP contribution in [0.4, 0.5) is 4.39 Å². The third kappa shape index (κ3) is 1.58. The lowest BCUT2D eigenvalue weighted by atomic mass is 9.97. The van der Waals surface area contributed by atoms with Gasteiger partial charge < -0.3 is 15.6 Å². The maximum absolute atomic E-state index is 12.9. The molecule has 2 atom stereocenters. The minimum Gasteiger partial charge on any atom is -0.488 e. The topological polar surface area (TPSA) is 55.5 Å². The molecule has 0 radical (unpaired) electrons. The molecule has 76 valence electrons. The molecule has 2 rings (SSSR count). The third-order valence-electron chi connectivity index (χ3n) is 2.39. The largest absolute Gasteiger partial charge is 0.488 e. The molecule has 3 nitrogen and oxygen atoms in total. The number of benzene rings is 1. The van der Waals surface area contributed by atoms with E-state index < -0.39 is 0 Å². The van der Waals surface area contributed by atoms with Crippen molar-refractivity contribution in [2.75, 3.05) is 6.61 Å². The molecule has 0 saturated heterocycles. The molecular weight excluding hydrogens is 185 g/mol. The highest BCUT2D eigenvalue weighted by atomic mass is 19.1. The summed E-state index contributed by atoms with van der Waals surface area (Å²) in [5, 5.41) is 8.93. The molecule has 0 amide bonds. The highest BCUT2D eigenvalue weighted by Gasteiger charge is 2.25. The Morgan fingerprint density at radius 2 is 2.36 bits per heavy atom. The summed E-state index contributed by atoms with van der Waals surface area (Å²) in [5.74, 6) is 0.259. The van der Waals surface area contributed by atoms with E-state index in [-0.39, 0.29) is 24.6 Å². The summed E-state index contributed by atoms with van der Waals surface area (Å²) in [6.07, 6.45) is 0.246. The normalized spacial score (nSPS) is 25.4. The van der Waals surface area contributed by atoms with E-state index in [9.17, 15) is 4.39 Å². The van der Waals surface area contributed by atoms with Gasteiger partial charge >= 0.3 is 0 Å². The molecule has 0 bridgehead atoms. The number of nitrogens with two attached hydrogens (primary N) is 1. The Morgan fingerprint density at radius 1 is 1.57 bits per heavy atom. The predicted molar refractivity (Wildman–Crippen MR) is 49.4 cm³/mol. The minimum atomic E-state index is -0.315. The average Bonchev–Trinajstić information content (AvgIpc) is 2.19. The van der Waals surface area contributed by atoms with Crippen LogP contribution in [0.2, 0.25) is 0 Å². The predicted octanol–water partition coefficient (Wildman–Crippen LogP) is 0.969. The van der Waals surface area contributed by atoms with E-state index in [0.29, 0.717) is 17.7 Å². The fourth-order valence-electron chi connectivity index (χ4n) is 1.67. The van der Waals surface area contributed by atoms with Crippen molar-refractivity contribution >= 4 is 0 Å². The van der Waals surface area contributed by atoms with Crippen LogP contribution in [0.15, 0.2) is 18.2 Å². The van der Waals surface area contributed by atoms with Crippen LogP contribution in [0.3, 0.4) is 0 Å². The van der Waals surface area contributed by atoms with Gasteiger partial charge in [0.25, 0.3) is 0 Å². The van der Waals surface area contributed by atoms with Gasteiger partial charge in [-0.2, -0.15) is 0 Å². The second-order valence-electron chi connectivity index (χ2n) is 3.45. The Hall–Kier alpha value is -1.13.